The summed E-state index contributed by atoms with van der Waals surface area (Å²) in [6.45, 7) is 8.06. The number of piperidine rings is 1. The number of aromatic amines is 1. The quantitative estimate of drug-likeness (QED) is 0.431. The van der Waals surface area contributed by atoms with E-state index in [9.17, 15) is 14.4 Å². The fourth-order valence-electron chi connectivity index (χ4n) is 7.05. The SMILES string of the molecule is Cl.O=C(c1c(F)cccc1Cc1n[nH]c(=O)c2ccccc12)N1CCN(C(=O)C2CCN(C3CN(C4CNC4)C3)CC2)CC1. The highest BCUT2D eigenvalue weighted by Crippen LogP contribution is 2.27. The van der Waals surface area contributed by atoms with Crippen LogP contribution in [0.5, 0.6) is 0 Å². The molecule has 0 bridgehead atoms. The van der Waals surface area contributed by atoms with Gasteiger partial charge in [0.25, 0.3) is 11.5 Å². The Kier molecular flexibility index (Phi) is 9.00. The summed E-state index contributed by atoms with van der Waals surface area (Å²) in [4.78, 5) is 47.9. The van der Waals surface area contributed by atoms with Crippen molar-refractivity contribution in [2.75, 3.05) is 65.4 Å². The standard InChI is InChI=1S/C32H38FN7O3.ClH/c33-27-7-3-4-22(16-28-25-5-1-2-6-26(25)30(41)36-35-28)29(27)32(43)39-14-12-38(13-15-39)31(42)21-8-10-37(11-9-21)24-19-40(20-24)23-17-34-18-23;/h1-7,21,23-24,34H,8-20H2,(H,36,41);1H. The highest BCUT2D eigenvalue weighted by molar-refractivity contribution is 5.96. The van der Waals surface area contributed by atoms with Gasteiger partial charge in [0.1, 0.15) is 5.82 Å². The summed E-state index contributed by atoms with van der Waals surface area (Å²) in [5.41, 5.74) is 0.815. The van der Waals surface area contributed by atoms with Gasteiger partial charge in [-0.3, -0.25) is 24.2 Å². The molecule has 0 atom stereocenters. The summed E-state index contributed by atoms with van der Waals surface area (Å²) >= 11 is 0. The number of likely N-dealkylation sites (tertiary alicyclic amines) is 2. The van der Waals surface area contributed by atoms with Crippen LogP contribution in [0.3, 0.4) is 0 Å². The van der Waals surface area contributed by atoms with Gasteiger partial charge in [0, 0.05) is 82.2 Å². The van der Waals surface area contributed by atoms with Gasteiger partial charge in [-0.1, -0.05) is 30.3 Å². The van der Waals surface area contributed by atoms with Crippen LogP contribution in [-0.2, 0) is 11.2 Å². The molecule has 5 heterocycles. The number of H-pyrrole nitrogens is 1. The number of nitrogens with one attached hydrogen (secondary N) is 2. The normalized spacial score (nSPS) is 20.7. The number of carbonyl (C=O) groups is 2. The van der Waals surface area contributed by atoms with Gasteiger partial charge in [-0.05, 0) is 43.6 Å². The van der Waals surface area contributed by atoms with Crippen molar-refractivity contribution in [3.05, 3.63) is 75.5 Å². The third-order valence-corrected chi connectivity index (χ3v) is 9.89. The third-order valence-electron chi connectivity index (χ3n) is 9.89. The molecule has 2 amide bonds. The summed E-state index contributed by atoms with van der Waals surface area (Å²) in [7, 11) is 0. The molecule has 1 aromatic heterocycles. The number of aromatic nitrogens is 2. The van der Waals surface area contributed by atoms with E-state index in [0.29, 0.717) is 60.3 Å². The van der Waals surface area contributed by atoms with Gasteiger partial charge in [0.15, 0.2) is 0 Å². The Hall–Kier alpha value is -3.38. The molecule has 0 unspecified atom stereocenters. The predicted octanol–water partition coefficient (Wildman–Crippen LogP) is 1.73. The van der Waals surface area contributed by atoms with Crippen molar-refractivity contribution in [3.63, 3.8) is 0 Å². The summed E-state index contributed by atoms with van der Waals surface area (Å²) in [5.74, 6) is -0.747. The zero-order valence-electron chi connectivity index (χ0n) is 24.7. The number of halogens is 2. The maximum Gasteiger partial charge on any atom is 0.272 e. The van der Waals surface area contributed by atoms with Crippen molar-refractivity contribution in [1.82, 2.24) is 35.1 Å². The molecule has 0 spiro atoms. The molecule has 44 heavy (non-hydrogen) atoms. The van der Waals surface area contributed by atoms with Gasteiger partial charge in [-0.15, -0.1) is 12.4 Å². The first-order valence-corrected chi connectivity index (χ1v) is 15.5. The van der Waals surface area contributed by atoms with E-state index in [1.165, 1.54) is 6.07 Å². The average Bonchev–Trinajstić information content (AvgIpc) is 2.99. The minimum Gasteiger partial charge on any atom is -0.339 e. The highest BCUT2D eigenvalue weighted by atomic mass is 35.5. The Morgan fingerprint density at radius 2 is 1.52 bits per heavy atom. The number of carbonyl (C=O) groups excluding carboxylic acids is 2. The van der Waals surface area contributed by atoms with Crippen LogP contribution in [0.2, 0.25) is 0 Å². The average molecular weight is 624 g/mol. The molecule has 4 saturated heterocycles. The number of benzene rings is 2. The number of hydrogen-bond donors (Lipinski definition) is 2. The van der Waals surface area contributed by atoms with Gasteiger partial charge in [-0.25, -0.2) is 9.49 Å². The lowest BCUT2D eigenvalue weighted by atomic mass is 9.92. The minimum absolute atomic E-state index is 0. The number of amides is 2. The van der Waals surface area contributed by atoms with E-state index in [4.69, 9.17) is 0 Å². The maximum absolute atomic E-state index is 15.2. The predicted molar refractivity (Wildman–Crippen MR) is 168 cm³/mol. The van der Waals surface area contributed by atoms with Crippen LogP contribution in [0.4, 0.5) is 4.39 Å². The van der Waals surface area contributed by atoms with Crippen LogP contribution >= 0.6 is 12.4 Å². The number of nitrogens with zero attached hydrogens (tertiary/aromatic N) is 5. The van der Waals surface area contributed by atoms with Crippen molar-refractivity contribution in [1.29, 1.82) is 0 Å². The largest absolute Gasteiger partial charge is 0.339 e. The second-order valence-corrected chi connectivity index (χ2v) is 12.3. The summed E-state index contributed by atoms with van der Waals surface area (Å²) in [5, 5.41) is 11.3. The lowest BCUT2D eigenvalue weighted by Gasteiger charge is -2.52. The first-order valence-electron chi connectivity index (χ1n) is 15.5. The van der Waals surface area contributed by atoms with Crippen LogP contribution in [0.25, 0.3) is 10.8 Å². The number of hydrogen-bond acceptors (Lipinski definition) is 7. The Labute approximate surface area is 262 Å². The third kappa shape index (κ3) is 5.85. The fraction of sp³-hybridized carbons (Fsp3) is 0.500. The molecule has 0 aliphatic carbocycles. The van der Waals surface area contributed by atoms with E-state index in [-0.39, 0.29) is 47.7 Å². The zero-order valence-corrected chi connectivity index (χ0v) is 25.5. The lowest BCUT2D eigenvalue weighted by molar-refractivity contribution is -0.139. The Balaban J connectivity index is 0.00000343. The molecular formula is C32H39ClFN7O3. The van der Waals surface area contributed by atoms with Gasteiger partial charge >= 0.3 is 0 Å². The molecule has 2 N–H and O–H groups in total. The summed E-state index contributed by atoms with van der Waals surface area (Å²) < 4.78 is 15.2. The van der Waals surface area contributed by atoms with Gasteiger partial charge < -0.3 is 15.1 Å². The van der Waals surface area contributed by atoms with Crippen LogP contribution in [0, 0.1) is 11.7 Å². The van der Waals surface area contributed by atoms with E-state index >= 15 is 4.39 Å². The van der Waals surface area contributed by atoms with E-state index < -0.39 is 5.82 Å². The highest BCUT2D eigenvalue weighted by Gasteiger charge is 2.40. The van der Waals surface area contributed by atoms with Crippen molar-refractivity contribution < 1.29 is 14.0 Å². The number of fused-ring (bicyclic) bond motifs is 1. The van der Waals surface area contributed by atoms with Gasteiger partial charge in [0.05, 0.1) is 16.6 Å². The van der Waals surface area contributed by atoms with E-state index in [1.807, 2.05) is 17.0 Å². The molecular weight excluding hydrogens is 585 g/mol. The van der Waals surface area contributed by atoms with Crippen molar-refractivity contribution in [3.8, 4) is 0 Å². The van der Waals surface area contributed by atoms with Crippen LogP contribution in [-0.4, -0.2) is 119 Å². The topological polar surface area (TPSA) is 105 Å². The Bertz CT molecular complexity index is 1580. The van der Waals surface area contributed by atoms with Crippen LogP contribution in [0.15, 0.2) is 47.3 Å². The molecule has 4 aliphatic heterocycles. The number of piperazine rings is 1. The monoisotopic (exact) mass is 623 g/mol. The molecule has 234 valence electrons. The molecule has 4 aliphatic rings. The molecule has 10 nitrogen and oxygen atoms in total. The Morgan fingerprint density at radius 3 is 2.20 bits per heavy atom. The smallest absolute Gasteiger partial charge is 0.272 e. The molecule has 4 fully saturated rings. The molecule has 12 heteroatoms. The zero-order chi connectivity index (χ0) is 29.5. The molecule has 3 aromatic rings. The lowest BCUT2D eigenvalue weighted by Crippen LogP contribution is -2.69. The second kappa shape index (κ2) is 12.9. The minimum atomic E-state index is -0.583. The van der Waals surface area contributed by atoms with E-state index in [1.54, 1.807) is 29.2 Å². The molecule has 7 rings (SSSR count). The number of rotatable bonds is 6. The summed E-state index contributed by atoms with van der Waals surface area (Å²) in [6.07, 6.45) is 1.96. The first kappa shape index (κ1) is 30.6. The Morgan fingerprint density at radius 1 is 0.841 bits per heavy atom. The van der Waals surface area contributed by atoms with E-state index in [0.717, 1.165) is 52.1 Å². The van der Waals surface area contributed by atoms with Crippen molar-refractivity contribution in [2.45, 2.75) is 31.3 Å². The van der Waals surface area contributed by atoms with Crippen molar-refractivity contribution >= 4 is 35.0 Å². The first-order chi connectivity index (χ1) is 21.0. The van der Waals surface area contributed by atoms with Gasteiger partial charge in [-0.2, -0.15) is 5.10 Å². The van der Waals surface area contributed by atoms with Crippen molar-refractivity contribution in [2.24, 2.45) is 5.92 Å². The van der Waals surface area contributed by atoms with E-state index in [2.05, 4.69) is 25.3 Å². The molecule has 2 aromatic carbocycles. The van der Waals surface area contributed by atoms with Crippen LogP contribution in [0.1, 0.15) is 34.5 Å². The molecule has 0 radical (unpaired) electrons. The summed E-state index contributed by atoms with van der Waals surface area (Å²) in [6, 6.07) is 13.1. The van der Waals surface area contributed by atoms with Crippen LogP contribution < -0.4 is 10.9 Å². The fourth-order valence-corrected chi connectivity index (χ4v) is 7.05. The second-order valence-electron chi connectivity index (χ2n) is 12.3. The van der Waals surface area contributed by atoms with Gasteiger partial charge in [0.2, 0.25) is 5.91 Å². The maximum atomic E-state index is 15.2. The molecule has 0 saturated carbocycles.